The molecule has 1 fully saturated rings. The van der Waals surface area contributed by atoms with Gasteiger partial charge in [0.15, 0.2) is 5.76 Å². The smallest absolute Gasteiger partial charge is 0.256 e. The highest BCUT2D eigenvalue weighted by Crippen LogP contribution is 2.32. The van der Waals surface area contributed by atoms with E-state index in [0.717, 1.165) is 12.1 Å². The van der Waals surface area contributed by atoms with Crippen LogP contribution < -0.4 is 10.6 Å². The first-order valence-corrected chi connectivity index (χ1v) is 9.70. The van der Waals surface area contributed by atoms with Crippen LogP contribution in [0.3, 0.4) is 0 Å². The number of nitrogens with two attached hydrogens (primary N) is 1. The molecule has 0 aliphatic heterocycles. The molecule has 1 aromatic carbocycles. The third kappa shape index (κ3) is 3.63. The highest BCUT2D eigenvalue weighted by molar-refractivity contribution is 6.30. The molecular formula is C20H18ClFN6O. The molecule has 1 aliphatic carbocycles. The lowest BCUT2D eigenvalue weighted by molar-refractivity contribution is 0.577. The van der Waals surface area contributed by atoms with Crippen LogP contribution in [0.2, 0.25) is 5.02 Å². The number of nitrogens with zero attached hydrogens (tertiary/aromatic N) is 5. The zero-order valence-corrected chi connectivity index (χ0v) is 16.2. The van der Waals surface area contributed by atoms with Gasteiger partial charge in [-0.3, -0.25) is 0 Å². The first-order valence-electron chi connectivity index (χ1n) is 9.33. The van der Waals surface area contributed by atoms with E-state index in [1.807, 2.05) is 6.07 Å². The lowest BCUT2D eigenvalue weighted by atomic mass is 10.2. The van der Waals surface area contributed by atoms with E-state index in [9.17, 15) is 4.39 Å². The topological polar surface area (TPSA) is 85.5 Å². The summed E-state index contributed by atoms with van der Waals surface area (Å²) < 4.78 is 20.7. The number of hydrogen-bond acceptors (Lipinski definition) is 6. The molecule has 7 nitrogen and oxygen atoms in total. The number of halogens is 2. The Morgan fingerprint density at radius 2 is 2.10 bits per heavy atom. The van der Waals surface area contributed by atoms with Crippen LogP contribution in [0, 0.1) is 11.7 Å². The zero-order chi connectivity index (χ0) is 20.0. The van der Waals surface area contributed by atoms with Gasteiger partial charge in [-0.15, -0.1) is 5.10 Å². The molecule has 9 heteroatoms. The van der Waals surface area contributed by atoms with Crippen LogP contribution in [0.25, 0.3) is 17.4 Å². The van der Waals surface area contributed by atoms with Crippen LogP contribution in [0.4, 0.5) is 16.0 Å². The fourth-order valence-corrected chi connectivity index (χ4v) is 3.38. The summed E-state index contributed by atoms with van der Waals surface area (Å²) in [6, 6.07) is 10.2. The van der Waals surface area contributed by atoms with E-state index in [-0.39, 0.29) is 5.02 Å². The molecule has 148 valence electrons. The largest absolute Gasteiger partial charge is 0.461 e. The summed E-state index contributed by atoms with van der Waals surface area (Å²) in [5.41, 5.74) is 7.04. The number of fused-ring (bicyclic) bond motifs is 1. The maximum atomic E-state index is 13.9. The minimum absolute atomic E-state index is 0.111. The highest BCUT2D eigenvalue weighted by atomic mass is 35.5. The van der Waals surface area contributed by atoms with E-state index >= 15 is 0 Å². The molecule has 4 aromatic rings. The van der Waals surface area contributed by atoms with Gasteiger partial charge in [0.1, 0.15) is 17.5 Å². The fraction of sp³-hybridized carbons (Fsp3) is 0.250. The minimum atomic E-state index is -0.431. The summed E-state index contributed by atoms with van der Waals surface area (Å²) in [5, 5.41) is 4.49. The van der Waals surface area contributed by atoms with Crippen molar-refractivity contribution < 1.29 is 8.81 Å². The lowest BCUT2D eigenvalue weighted by Crippen LogP contribution is -2.26. The normalized spacial score (nSPS) is 13.9. The van der Waals surface area contributed by atoms with E-state index in [4.69, 9.17) is 21.8 Å². The molecule has 0 saturated heterocycles. The third-order valence-electron chi connectivity index (χ3n) is 4.92. The summed E-state index contributed by atoms with van der Waals surface area (Å²) in [6.45, 7) is 1.30. The van der Waals surface area contributed by atoms with Gasteiger partial charge in [-0.25, -0.2) is 4.39 Å². The molecule has 0 radical (unpaired) electrons. The molecule has 0 unspecified atom stereocenters. The van der Waals surface area contributed by atoms with Crippen LogP contribution in [-0.2, 0) is 6.54 Å². The van der Waals surface area contributed by atoms with Crippen LogP contribution in [0.5, 0.6) is 0 Å². The molecule has 1 aliphatic rings. The molecule has 2 N–H and O–H groups in total. The summed E-state index contributed by atoms with van der Waals surface area (Å²) >= 11 is 5.82. The van der Waals surface area contributed by atoms with Gasteiger partial charge in [0.25, 0.3) is 5.78 Å². The number of furan rings is 1. The second-order valence-corrected chi connectivity index (χ2v) is 7.64. The zero-order valence-electron chi connectivity index (χ0n) is 15.4. The Labute approximate surface area is 170 Å². The average Bonchev–Trinajstić information content (AvgIpc) is 3.18. The van der Waals surface area contributed by atoms with E-state index in [1.165, 1.54) is 23.4 Å². The predicted molar refractivity (Wildman–Crippen MR) is 108 cm³/mol. The lowest BCUT2D eigenvalue weighted by Gasteiger charge is -2.24. The molecule has 0 atom stereocenters. The van der Waals surface area contributed by atoms with Crippen molar-refractivity contribution >= 4 is 29.0 Å². The van der Waals surface area contributed by atoms with Crippen molar-refractivity contribution in [3.63, 3.8) is 0 Å². The number of rotatable bonds is 6. The highest BCUT2D eigenvalue weighted by Gasteiger charge is 2.26. The van der Waals surface area contributed by atoms with Crippen molar-refractivity contribution in [2.24, 2.45) is 5.92 Å². The van der Waals surface area contributed by atoms with Gasteiger partial charge < -0.3 is 15.1 Å². The summed E-state index contributed by atoms with van der Waals surface area (Å²) in [7, 11) is 0. The maximum absolute atomic E-state index is 13.9. The number of aromatic nitrogens is 4. The number of anilines is 2. The quantitative estimate of drug-likeness (QED) is 0.511. The molecule has 29 heavy (non-hydrogen) atoms. The van der Waals surface area contributed by atoms with Crippen molar-refractivity contribution in [1.29, 1.82) is 0 Å². The maximum Gasteiger partial charge on any atom is 0.256 e. The van der Waals surface area contributed by atoms with Crippen LogP contribution in [0.1, 0.15) is 18.4 Å². The summed E-state index contributed by atoms with van der Waals surface area (Å²) in [6.07, 6.45) is 3.92. The Morgan fingerprint density at radius 3 is 2.83 bits per heavy atom. The SMILES string of the molecule is Nc1cc(N(Cc2ccc(Cl)c(F)c2)CC2CC2)nc2nc(-c3ccco3)nn12. The second kappa shape index (κ2) is 7.04. The van der Waals surface area contributed by atoms with Gasteiger partial charge in [-0.05, 0) is 48.6 Å². The van der Waals surface area contributed by atoms with Gasteiger partial charge in [0.05, 0.1) is 11.3 Å². The van der Waals surface area contributed by atoms with Gasteiger partial charge in [0, 0.05) is 19.2 Å². The Bertz CT molecular complexity index is 1170. The van der Waals surface area contributed by atoms with E-state index in [0.29, 0.717) is 41.5 Å². The van der Waals surface area contributed by atoms with Crippen molar-refractivity contribution in [2.45, 2.75) is 19.4 Å². The van der Waals surface area contributed by atoms with Crippen molar-refractivity contribution in [2.75, 3.05) is 17.2 Å². The van der Waals surface area contributed by atoms with E-state index in [2.05, 4.69) is 20.0 Å². The Balaban J connectivity index is 1.51. The van der Waals surface area contributed by atoms with Gasteiger partial charge >= 0.3 is 0 Å². The van der Waals surface area contributed by atoms with Gasteiger partial charge in [-0.2, -0.15) is 14.5 Å². The summed E-state index contributed by atoms with van der Waals surface area (Å²) in [4.78, 5) is 11.2. The summed E-state index contributed by atoms with van der Waals surface area (Å²) in [5.74, 6) is 2.60. The molecule has 0 bridgehead atoms. The molecule has 5 rings (SSSR count). The standard InChI is InChI=1S/C20H18ClFN6O/c21-14-6-5-13(8-15(14)22)11-27(10-12-3-4-12)18-9-17(23)28-20(24-18)25-19(26-28)16-2-1-7-29-16/h1-2,5-9,12H,3-4,10-11,23H2. The van der Waals surface area contributed by atoms with E-state index in [1.54, 1.807) is 30.5 Å². The second-order valence-electron chi connectivity index (χ2n) is 7.24. The van der Waals surface area contributed by atoms with Crippen molar-refractivity contribution in [3.8, 4) is 11.6 Å². The Kier molecular flexibility index (Phi) is 4.35. The first-order chi connectivity index (χ1) is 14.1. The molecule has 3 heterocycles. The molecule has 1 saturated carbocycles. The van der Waals surface area contributed by atoms with Crippen LogP contribution >= 0.6 is 11.6 Å². The monoisotopic (exact) mass is 412 g/mol. The Morgan fingerprint density at radius 1 is 1.24 bits per heavy atom. The van der Waals surface area contributed by atoms with E-state index < -0.39 is 5.82 Å². The molecule has 0 spiro atoms. The van der Waals surface area contributed by atoms with Gasteiger partial charge in [0.2, 0.25) is 5.82 Å². The Hall–Kier alpha value is -3.13. The molecule has 0 amide bonds. The third-order valence-corrected chi connectivity index (χ3v) is 5.23. The fourth-order valence-electron chi connectivity index (χ4n) is 3.26. The molecule has 3 aromatic heterocycles. The predicted octanol–water partition coefficient (Wildman–Crippen LogP) is 4.18. The number of benzene rings is 1. The van der Waals surface area contributed by atoms with Crippen LogP contribution in [-0.4, -0.2) is 26.1 Å². The minimum Gasteiger partial charge on any atom is -0.461 e. The van der Waals surface area contributed by atoms with Gasteiger partial charge in [-0.1, -0.05) is 17.7 Å². The van der Waals surface area contributed by atoms with Crippen molar-refractivity contribution in [1.82, 2.24) is 19.6 Å². The first kappa shape index (κ1) is 17.9. The molecular weight excluding hydrogens is 395 g/mol. The number of hydrogen-bond donors (Lipinski definition) is 1. The van der Waals surface area contributed by atoms with Crippen LogP contribution in [0.15, 0.2) is 47.1 Å². The number of nitrogen functional groups attached to an aromatic ring is 1. The average molecular weight is 413 g/mol. The van der Waals surface area contributed by atoms with Crippen molar-refractivity contribution in [3.05, 3.63) is 59.1 Å².